The third kappa shape index (κ3) is 4.85. The Morgan fingerprint density at radius 1 is 0.511 bits per heavy atom. The maximum absolute atomic E-state index is 4.55. The summed E-state index contributed by atoms with van der Waals surface area (Å²) in [5.41, 5.74) is 12.5. The van der Waals surface area contributed by atoms with Crippen LogP contribution in [-0.2, 0) is 0 Å². The van der Waals surface area contributed by atoms with Crippen molar-refractivity contribution in [3.05, 3.63) is 176 Å². The topological polar surface area (TPSA) is 21.1 Å². The van der Waals surface area contributed by atoms with Crippen LogP contribution in [0.3, 0.4) is 0 Å². The van der Waals surface area contributed by atoms with Gasteiger partial charge in [-0.25, -0.2) is 0 Å². The first-order valence-electron chi connectivity index (χ1n) is 15.3. The molecule has 0 saturated heterocycles. The van der Waals surface area contributed by atoms with Gasteiger partial charge in [-0.1, -0.05) is 103 Å². The molecule has 0 unspecified atom stereocenters. The first-order valence-corrected chi connectivity index (χ1v) is 15.3. The lowest BCUT2D eigenvalue weighted by Gasteiger charge is -2.27. The Hall–Kier alpha value is -5.93. The summed E-state index contributed by atoms with van der Waals surface area (Å²) in [6.07, 6.45) is 1.84. The second kappa shape index (κ2) is 11.3. The Morgan fingerprint density at radius 3 is 2.02 bits per heavy atom. The Kier molecular flexibility index (Phi) is 6.69. The van der Waals surface area contributed by atoms with Crippen LogP contribution in [0.15, 0.2) is 170 Å². The van der Waals surface area contributed by atoms with Crippen molar-refractivity contribution < 1.29 is 0 Å². The number of hydrogen-bond acceptors (Lipinski definition) is 2. The van der Waals surface area contributed by atoms with Crippen molar-refractivity contribution >= 4 is 38.9 Å². The van der Waals surface area contributed by atoms with E-state index in [4.69, 9.17) is 0 Å². The van der Waals surface area contributed by atoms with Gasteiger partial charge in [-0.05, 0) is 84.8 Å². The van der Waals surface area contributed by atoms with Gasteiger partial charge in [0.25, 0.3) is 0 Å². The number of rotatable bonds is 6. The molecule has 2 heterocycles. The first kappa shape index (κ1) is 26.7. The Morgan fingerprint density at radius 2 is 1.22 bits per heavy atom. The molecule has 0 saturated carbocycles. The van der Waals surface area contributed by atoms with Crippen molar-refractivity contribution in [2.45, 2.75) is 6.92 Å². The average Bonchev–Trinajstić information content (AvgIpc) is 3.45. The predicted octanol–water partition coefficient (Wildman–Crippen LogP) is 11.3. The maximum atomic E-state index is 4.55. The second-order valence-electron chi connectivity index (χ2n) is 11.4. The third-order valence-corrected chi connectivity index (χ3v) is 8.51. The van der Waals surface area contributed by atoms with Crippen LogP contribution >= 0.6 is 0 Å². The van der Waals surface area contributed by atoms with Gasteiger partial charge in [-0.2, -0.15) is 0 Å². The molecule has 0 radical (unpaired) electrons. The van der Waals surface area contributed by atoms with Gasteiger partial charge in [0, 0.05) is 39.6 Å². The molecule has 8 aromatic rings. The first-order chi connectivity index (χ1) is 22.2. The van der Waals surface area contributed by atoms with Crippen LogP contribution in [-0.4, -0.2) is 9.55 Å². The second-order valence-corrected chi connectivity index (χ2v) is 11.4. The van der Waals surface area contributed by atoms with E-state index in [2.05, 4.69) is 167 Å². The van der Waals surface area contributed by atoms with Gasteiger partial charge >= 0.3 is 0 Å². The predicted molar refractivity (Wildman–Crippen MR) is 189 cm³/mol. The lowest BCUT2D eigenvalue weighted by molar-refractivity contribution is 1.18. The minimum absolute atomic E-state index is 0.972. The van der Waals surface area contributed by atoms with Gasteiger partial charge in [0.2, 0.25) is 0 Å². The van der Waals surface area contributed by atoms with Crippen molar-refractivity contribution in [2.24, 2.45) is 0 Å². The molecule has 2 aromatic heterocycles. The van der Waals surface area contributed by atoms with Gasteiger partial charge in [0.1, 0.15) is 0 Å². The van der Waals surface area contributed by atoms with E-state index in [1.165, 1.54) is 33.0 Å². The van der Waals surface area contributed by atoms with Crippen molar-refractivity contribution in [3.8, 4) is 28.1 Å². The number of benzene rings is 6. The summed E-state index contributed by atoms with van der Waals surface area (Å²) < 4.78 is 2.38. The van der Waals surface area contributed by atoms with Crippen LogP contribution in [0.2, 0.25) is 0 Å². The van der Waals surface area contributed by atoms with E-state index < -0.39 is 0 Å². The molecular formula is C42H31N3. The molecule has 0 aliphatic heterocycles. The van der Waals surface area contributed by atoms with E-state index >= 15 is 0 Å². The summed E-state index contributed by atoms with van der Waals surface area (Å²) in [4.78, 5) is 6.95. The zero-order chi connectivity index (χ0) is 30.2. The summed E-state index contributed by atoms with van der Waals surface area (Å²) in [7, 11) is 0. The number of aromatic nitrogens is 2. The molecule has 8 rings (SSSR count). The maximum Gasteiger partial charge on any atom is 0.0701 e. The van der Waals surface area contributed by atoms with Crippen molar-refractivity contribution in [1.29, 1.82) is 0 Å². The quantitative estimate of drug-likeness (QED) is 0.196. The van der Waals surface area contributed by atoms with E-state index in [1.807, 2.05) is 24.4 Å². The molecule has 0 N–H and O–H groups in total. The summed E-state index contributed by atoms with van der Waals surface area (Å²) in [6.45, 7) is 2.14. The SMILES string of the molecule is Cc1ccc(N(c2cccc(-c3ccccc3)c2)c2cccc3c2c2ccccc2n3-c2ccc(-c3ccccn3)cc2)cc1. The molecule has 6 aromatic carbocycles. The summed E-state index contributed by atoms with van der Waals surface area (Å²) in [5, 5.41) is 2.43. The third-order valence-electron chi connectivity index (χ3n) is 8.51. The molecule has 0 bridgehead atoms. The highest BCUT2D eigenvalue weighted by Crippen LogP contribution is 2.44. The lowest BCUT2D eigenvalue weighted by Crippen LogP contribution is -2.10. The molecule has 3 nitrogen and oxygen atoms in total. The average molecular weight is 578 g/mol. The number of fused-ring (bicyclic) bond motifs is 3. The Balaban J connectivity index is 1.35. The van der Waals surface area contributed by atoms with Crippen molar-refractivity contribution in [1.82, 2.24) is 9.55 Å². The molecule has 3 heteroatoms. The van der Waals surface area contributed by atoms with Gasteiger partial charge < -0.3 is 9.47 Å². The van der Waals surface area contributed by atoms with Crippen LogP contribution in [0.1, 0.15) is 5.56 Å². The number of hydrogen-bond donors (Lipinski definition) is 0. The molecular weight excluding hydrogens is 546 g/mol. The van der Waals surface area contributed by atoms with Gasteiger partial charge in [0.15, 0.2) is 0 Å². The number of para-hydroxylation sites is 1. The molecule has 214 valence electrons. The van der Waals surface area contributed by atoms with E-state index in [1.54, 1.807) is 0 Å². The smallest absolute Gasteiger partial charge is 0.0701 e. The molecule has 0 spiro atoms. The van der Waals surface area contributed by atoms with Gasteiger partial charge in [-0.15, -0.1) is 0 Å². The van der Waals surface area contributed by atoms with E-state index in [0.29, 0.717) is 0 Å². The largest absolute Gasteiger partial charge is 0.310 e. The van der Waals surface area contributed by atoms with Gasteiger partial charge in [0.05, 0.1) is 22.4 Å². The highest BCUT2D eigenvalue weighted by molar-refractivity contribution is 6.16. The molecule has 0 fully saturated rings. The normalized spacial score (nSPS) is 11.2. The zero-order valence-electron chi connectivity index (χ0n) is 25.0. The van der Waals surface area contributed by atoms with Crippen LogP contribution in [0, 0.1) is 6.92 Å². The number of aryl methyl sites for hydroxylation is 1. The zero-order valence-corrected chi connectivity index (χ0v) is 25.0. The molecule has 0 aliphatic rings. The van der Waals surface area contributed by atoms with Crippen LogP contribution < -0.4 is 4.90 Å². The fourth-order valence-electron chi connectivity index (χ4n) is 6.36. The lowest BCUT2D eigenvalue weighted by atomic mass is 10.0. The molecule has 45 heavy (non-hydrogen) atoms. The fraction of sp³-hybridized carbons (Fsp3) is 0.0238. The highest BCUT2D eigenvalue weighted by atomic mass is 15.1. The highest BCUT2D eigenvalue weighted by Gasteiger charge is 2.21. The van der Waals surface area contributed by atoms with Gasteiger partial charge in [-0.3, -0.25) is 4.98 Å². The molecule has 0 amide bonds. The van der Waals surface area contributed by atoms with E-state index in [0.717, 1.165) is 39.5 Å². The number of nitrogens with zero attached hydrogens (tertiary/aromatic N) is 3. The van der Waals surface area contributed by atoms with E-state index in [9.17, 15) is 0 Å². The Labute approximate surface area is 263 Å². The summed E-state index contributed by atoms with van der Waals surface area (Å²) in [6, 6.07) is 58.4. The van der Waals surface area contributed by atoms with Crippen LogP contribution in [0.25, 0.3) is 49.9 Å². The number of anilines is 3. The minimum Gasteiger partial charge on any atom is -0.310 e. The van der Waals surface area contributed by atoms with Crippen molar-refractivity contribution in [3.63, 3.8) is 0 Å². The molecule has 0 aliphatic carbocycles. The minimum atomic E-state index is 0.972. The summed E-state index contributed by atoms with van der Waals surface area (Å²) >= 11 is 0. The number of pyridine rings is 1. The Bertz CT molecular complexity index is 2250. The fourth-order valence-corrected chi connectivity index (χ4v) is 6.36. The van der Waals surface area contributed by atoms with Crippen molar-refractivity contribution in [2.75, 3.05) is 4.90 Å². The van der Waals surface area contributed by atoms with E-state index in [-0.39, 0.29) is 0 Å². The van der Waals surface area contributed by atoms with Crippen LogP contribution in [0.4, 0.5) is 17.1 Å². The standard InChI is InChI=1S/C42H31N3/c1-30-20-24-34(25-21-30)44(36-14-9-13-33(29-36)31-11-3-2-4-12-31)40-18-10-19-41-42(40)37-15-5-6-17-39(37)45(41)35-26-22-32(23-27-35)38-16-7-8-28-43-38/h2-29H,1H3. The molecule has 0 atom stereocenters. The summed E-state index contributed by atoms with van der Waals surface area (Å²) in [5.74, 6) is 0. The van der Waals surface area contributed by atoms with Crippen LogP contribution in [0.5, 0.6) is 0 Å². The monoisotopic (exact) mass is 577 g/mol.